The largest absolute Gasteiger partial charge is 0.0683 e. The van der Waals surface area contributed by atoms with Crippen molar-refractivity contribution in [2.45, 2.75) is 40.0 Å². The molecule has 0 spiro atoms. The van der Waals surface area contributed by atoms with Gasteiger partial charge in [-0.1, -0.05) is 37.6 Å². The third kappa shape index (κ3) is 1.50. The highest BCUT2D eigenvalue weighted by atomic mass is 14.2. The lowest BCUT2D eigenvalue weighted by atomic mass is 9.97. The smallest absolute Gasteiger partial charge is 0.00604 e. The van der Waals surface area contributed by atoms with Gasteiger partial charge in [0.15, 0.2) is 0 Å². The summed E-state index contributed by atoms with van der Waals surface area (Å²) in [5.41, 5.74) is 7.56. The summed E-state index contributed by atoms with van der Waals surface area (Å²) in [6.45, 7) is 6.71. The standard InChI is InChI=1S/C14H18/c1-4-11-8-12(5-2)14-7-10(3)6-13(14)9-11/h7-9H,4-6H2,1-3H3. The van der Waals surface area contributed by atoms with Gasteiger partial charge in [-0.25, -0.2) is 0 Å². The minimum absolute atomic E-state index is 1.15. The van der Waals surface area contributed by atoms with Gasteiger partial charge in [-0.05, 0) is 48.4 Å². The van der Waals surface area contributed by atoms with Crippen molar-refractivity contribution in [3.63, 3.8) is 0 Å². The highest BCUT2D eigenvalue weighted by Gasteiger charge is 2.13. The van der Waals surface area contributed by atoms with Crippen LogP contribution >= 0.6 is 0 Å². The fraction of sp³-hybridized carbons (Fsp3) is 0.429. The second-order valence-corrected chi connectivity index (χ2v) is 4.20. The quantitative estimate of drug-likeness (QED) is 0.659. The average molecular weight is 186 g/mol. The molecule has 1 aromatic carbocycles. The third-order valence-electron chi connectivity index (χ3n) is 3.06. The van der Waals surface area contributed by atoms with Gasteiger partial charge in [-0.2, -0.15) is 0 Å². The van der Waals surface area contributed by atoms with Gasteiger partial charge in [0.25, 0.3) is 0 Å². The number of hydrogen-bond acceptors (Lipinski definition) is 0. The second kappa shape index (κ2) is 3.61. The fourth-order valence-electron chi connectivity index (χ4n) is 2.28. The Morgan fingerprint density at radius 3 is 2.57 bits per heavy atom. The summed E-state index contributed by atoms with van der Waals surface area (Å²) in [6, 6.07) is 4.75. The minimum Gasteiger partial charge on any atom is -0.0683 e. The molecule has 1 aliphatic carbocycles. The van der Waals surface area contributed by atoms with Crippen molar-refractivity contribution in [2.24, 2.45) is 0 Å². The molecule has 2 rings (SSSR count). The number of benzene rings is 1. The first-order chi connectivity index (χ1) is 6.74. The fourth-order valence-corrected chi connectivity index (χ4v) is 2.28. The zero-order chi connectivity index (χ0) is 10.1. The summed E-state index contributed by atoms with van der Waals surface area (Å²) < 4.78 is 0. The van der Waals surface area contributed by atoms with Crippen molar-refractivity contribution < 1.29 is 0 Å². The van der Waals surface area contributed by atoms with E-state index in [9.17, 15) is 0 Å². The minimum atomic E-state index is 1.15. The molecule has 0 heterocycles. The van der Waals surface area contributed by atoms with Crippen LogP contribution in [0.3, 0.4) is 0 Å². The van der Waals surface area contributed by atoms with Crippen LogP contribution in [-0.4, -0.2) is 0 Å². The normalized spacial score (nSPS) is 14.1. The Morgan fingerprint density at radius 1 is 1.14 bits per heavy atom. The Hall–Kier alpha value is -1.04. The molecule has 0 saturated carbocycles. The van der Waals surface area contributed by atoms with Crippen molar-refractivity contribution in [2.75, 3.05) is 0 Å². The molecule has 0 bridgehead atoms. The van der Waals surface area contributed by atoms with Gasteiger partial charge in [-0.15, -0.1) is 0 Å². The lowest BCUT2D eigenvalue weighted by molar-refractivity contribution is 1.06. The van der Waals surface area contributed by atoms with Gasteiger partial charge < -0.3 is 0 Å². The van der Waals surface area contributed by atoms with Gasteiger partial charge >= 0.3 is 0 Å². The van der Waals surface area contributed by atoms with Gasteiger partial charge in [0.1, 0.15) is 0 Å². The van der Waals surface area contributed by atoms with E-state index >= 15 is 0 Å². The molecular formula is C14H18. The zero-order valence-corrected chi connectivity index (χ0v) is 9.35. The summed E-state index contributed by atoms with van der Waals surface area (Å²) in [5.74, 6) is 0. The van der Waals surface area contributed by atoms with Crippen molar-refractivity contribution in [3.8, 4) is 0 Å². The topological polar surface area (TPSA) is 0 Å². The highest BCUT2D eigenvalue weighted by molar-refractivity contribution is 5.67. The van der Waals surface area contributed by atoms with Crippen LogP contribution in [0.15, 0.2) is 17.7 Å². The first-order valence-corrected chi connectivity index (χ1v) is 5.56. The first kappa shape index (κ1) is 9.51. The summed E-state index contributed by atoms with van der Waals surface area (Å²) in [6.07, 6.45) is 5.82. The van der Waals surface area contributed by atoms with Gasteiger partial charge in [-0.3, -0.25) is 0 Å². The number of rotatable bonds is 2. The molecule has 0 saturated heterocycles. The van der Waals surface area contributed by atoms with E-state index in [-0.39, 0.29) is 0 Å². The molecule has 0 aliphatic heterocycles. The molecule has 0 nitrogen and oxygen atoms in total. The van der Waals surface area contributed by atoms with E-state index in [1.165, 1.54) is 22.3 Å². The van der Waals surface area contributed by atoms with E-state index in [0.29, 0.717) is 0 Å². The number of aryl methyl sites for hydroxylation is 2. The molecule has 0 amide bonds. The SMILES string of the molecule is CCc1cc(CC)c2c(c1)CC(C)=C2. The Labute approximate surface area is 86.7 Å². The van der Waals surface area contributed by atoms with Gasteiger partial charge in [0, 0.05) is 0 Å². The molecule has 0 heteroatoms. The molecule has 1 aromatic rings. The monoisotopic (exact) mass is 186 g/mol. The molecule has 0 N–H and O–H groups in total. The lowest BCUT2D eigenvalue weighted by Gasteiger charge is -2.08. The maximum absolute atomic E-state index is 2.38. The molecular weight excluding hydrogens is 168 g/mol. The second-order valence-electron chi connectivity index (χ2n) is 4.20. The molecule has 0 aromatic heterocycles. The van der Waals surface area contributed by atoms with Crippen molar-refractivity contribution in [1.29, 1.82) is 0 Å². The van der Waals surface area contributed by atoms with Crippen LogP contribution in [0.5, 0.6) is 0 Å². The molecule has 1 aliphatic rings. The molecule has 0 fully saturated rings. The van der Waals surface area contributed by atoms with Crippen LogP contribution in [0.25, 0.3) is 6.08 Å². The van der Waals surface area contributed by atoms with Crippen LogP contribution < -0.4 is 0 Å². The number of fused-ring (bicyclic) bond motifs is 1. The van der Waals surface area contributed by atoms with Crippen LogP contribution in [0.2, 0.25) is 0 Å². The van der Waals surface area contributed by atoms with E-state index in [4.69, 9.17) is 0 Å². The first-order valence-electron chi connectivity index (χ1n) is 5.56. The summed E-state index contributed by atoms with van der Waals surface area (Å²) >= 11 is 0. The Balaban J connectivity index is 2.53. The number of hydrogen-bond donors (Lipinski definition) is 0. The molecule has 14 heavy (non-hydrogen) atoms. The predicted molar refractivity (Wildman–Crippen MR) is 62.6 cm³/mol. The zero-order valence-electron chi connectivity index (χ0n) is 9.35. The van der Waals surface area contributed by atoms with Crippen LogP contribution in [-0.2, 0) is 19.3 Å². The van der Waals surface area contributed by atoms with Gasteiger partial charge in [0.05, 0.1) is 0 Å². The summed E-state index contributed by atoms with van der Waals surface area (Å²) in [7, 11) is 0. The molecule has 0 atom stereocenters. The maximum Gasteiger partial charge on any atom is -0.00604 e. The summed E-state index contributed by atoms with van der Waals surface area (Å²) in [5, 5.41) is 0. The molecule has 0 radical (unpaired) electrons. The van der Waals surface area contributed by atoms with E-state index in [2.05, 4.69) is 39.0 Å². The maximum atomic E-state index is 2.38. The lowest BCUT2D eigenvalue weighted by Crippen LogP contribution is -1.93. The van der Waals surface area contributed by atoms with E-state index in [0.717, 1.165) is 19.3 Å². The molecule has 0 unspecified atom stereocenters. The van der Waals surface area contributed by atoms with Crippen LogP contribution in [0.1, 0.15) is 43.0 Å². The summed E-state index contributed by atoms with van der Waals surface area (Å²) in [4.78, 5) is 0. The van der Waals surface area contributed by atoms with Gasteiger partial charge in [0.2, 0.25) is 0 Å². The average Bonchev–Trinajstić information content (AvgIpc) is 2.56. The Bertz CT molecular complexity index is 383. The van der Waals surface area contributed by atoms with Crippen LogP contribution in [0, 0.1) is 0 Å². The predicted octanol–water partition coefficient (Wildman–Crippen LogP) is 3.77. The number of allylic oxidation sites excluding steroid dienone is 1. The van der Waals surface area contributed by atoms with Crippen LogP contribution in [0.4, 0.5) is 0 Å². The van der Waals surface area contributed by atoms with Crippen molar-refractivity contribution in [3.05, 3.63) is 40.0 Å². The third-order valence-corrected chi connectivity index (χ3v) is 3.06. The highest BCUT2D eigenvalue weighted by Crippen LogP contribution is 2.29. The van der Waals surface area contributed by atoms with E-state index in [1.807, 2.05) is 0 Å². The Morgan fingerprint density at radius 2 is 1.93 bits per heavy atom. The van der Waals surface area contributed by atoms with E-state index < -0.39 is 0 Å². The van der Waals surface area contributed by atoms with E-state index in [1.54, 1.807) is 5.56 Å². The molecule has 74 valence electrons. The van der Waals surface area contributed by atoms with Crippen molar-refractivity contribution in [1.82, 2.24) is 0 Å². The van der Waals surface area contributed by atoms with Crippen molar-refractivity contribution >= 4 is 6.08 Å². The Kier molecular flexibility index (Phi) is 2.45.